The summed E-state index contributed by atoms with van der Waals surface area (Å²) in [5.41, 5.74) is 1.61. The van der Waals surface area contributed by atoms with Gasteiger partial charge in [-0.25, -0.2) is 8.78 Å². The number of hydrogen-bond acceptors (Lipinski definition) is 1. The molecule has 1 N–H and O–H groups in total. The second-order valence-electron chi connectivity index (χ2n) is 4.83. The highest BCUT2D eigenvalue weighted by Crippen LogP contribution is 2.26. The molecule has 2 aromatic carbocycles. The van der Waals surface area contributed by atoms with Crippen LogP contribution in [0.3, 0.4) is 0 Å². The molecule has 19 heavy (non-hydrogen) atoms. The van der Waals surface area contributed by atoms with E-state index in [9.17, 15) is 8.78 Å². The van der Waals surface area contributed by atoms with Gasteiger partial charge in [0.25, 0.3) is 0 Å². The Hall–Kier alpha value is -1.74. The number of hydrogen-bond donors (Lipinski definition) is 1. The maximum atomic E-state index is 13.7. The standard InChI is InChI=1S/C16H17F2N/c1-11(2)19-10-12-5-3-6-13(9-12)16-14(17)7-4-8-15(16)18/h3-9,11,19H,10H2,1-2H3. The summed E-state index contributed by atoms with van der Waals surface area (Å²) in [4.78, 5) is 0. The number of rotatable bonds is 4. The molecule has 0 spiro atoms. The van der Waals surface area contributed by atoms with Crippen molar-refractivity contribution in [3.8, 4) is 11.1 Å². The topological polar surface area (TPSA) is 12.0 Å². The number of benzene rings is 2. The van der Waals surface area contributed by atoms with Gasteiger partial charge in [-0.05, 0) is 29.3 Å². The number of halogens is 2. The Bertz CT molecular complexity index is 544. The third-order valence-corrected chi connectivity index (χ3v) is 2.89. The molecule has 0 saturated heterocycles. The summed E-state index contributed by atoms with van der Waals surface area (Å²) < 4.78 is 27.5. The summed E-state index contributed by atoms with van der Waals surface area (Å²) >= 11 is 0. The molecule has 0 aromatic heterocycles. The van der Waals surface area contributed by atoms with Crippen LogP contribution in [0.15, 0.2) is 42.5 Å². The van der Waals surface area contributed by atoms with Gasteiger partial charge in [0.15, 0.2) is 0 Å². The SMILES string of the molecule is CC(C)NCc1cccc(-c2c(F)cccc2F)c1. The van der Waals surface area contributed by atoms with Crippen LogP contribution in [-0.4, -0.2) is 6.04 Å². The first kappa shape index (κ1) is 13.7. The van der Waals surface area contributed by atoms with Crippen LogP contribution in [0.2, 0.25) is 0 Å². The predicted octanol–water partition coefficient (Wildman–Crippen LogP) is 4.13. The van der Waals surface area contributed by atoms with E-state index in [0.717, 1.165) is 5.56 Å². The molecule has 2 rings (SSSR count). The molecule has 0 fully saturated rings. The van der Waals surface area contributed by atoms with Crippen LogP contribution in [0.25, 0.3) is 11.1 Å². The molecule has 1 nitrogen and oxygen atoms in total. The average molecular weight is 261 g/mol. The Balaban J connectivity index is 2.33. The predicted molar refractivity (Wildman–Crippen MR) is 73.8 cm³/mol. The molecule has 0 aliphatic heterocycles. The van der Waals surface area contributed by atoms with Crippen LogP contribution in [0, 0.1) is 11.6 Å². The highest BCUT2D eigenvalue weighted by Gasteiger charge is 2.11. The third-order valence-electron chi connectivity index (χ3n) is 2.89. The zero-order valence-electron chi connectivity index (χ0n) is 11.1. The van der Waals surface area contributed by atoms with Gasteiger partial charge in [0.05, 0.1) is 5.56 Å². The van der Waals surface area contributed by atoms with Crippen LogP contribution in [0.4, 0.5) is 8.78 Å². The van der Waals surface area contributed by atoms with Gasteiger partial charge in [-0.1, -0.05) is 38.1 Å². The highest BCUT2D eigenvalue weighted by molar-refractivity contribution is 5.65. The monoisotopic (exact) mass is 261 g/mol. The van der Waals surface area contributed by atoms with Gasteiger partial charge in [-0.15, -0.1) is 0 Å². The van der Waals surface area contributed by atoms with E-state index < -0.39 is 11.6 Å². The van der Waals surface area contributed by atoms with Gasteiger partial charge in [0.1, 0.15) is 11.6 Å². The molecule has 0 saturated carbocycles. The van der Waals surface area contributed by atoms with E-state index in [1.54, 1.807) is 6.07 Å². The molecule has 0 heterocycles. The van der Waals surface area contributed by atoms with Crippen LogP contribution < -0.4 is 5.32 Å². The molecule has 0 unspecified atom stereocenters. The Labute approximate surface area is 112 Å². The van der Waals surface area contributed by atoms with Crippen molar-refractivity contribution in [2.24, 2.45) is 0 Å². The fourth-order valence-corrected chi connectivity index (χ4v) is 1.93. The van der Waals surface area contributed by atoms with Crippen molar-refractivity contribution in [1.82, 2.24) is 5.32 Å². The fourth-order valence-electron chi connectivity index (χ4n) is 1.93. The average Bonchev–Trinajstić information content (AvgIpc) is 2.37. The van der Waals surface area contributed by atoms with Gasteiger partial charge in [0.2, 0.25) is 0 Å². The lowest BCUT2D eigenvalue weighted by molar-refractivity contribution is 0.586. The third kappa shape index (κ3) is 3.38. The van der Waals surface area contributed by atoms with Gasteiger partial charge >= 0.3 is 0 Å². The lowest BCUT2D eigenvalue weighted by Crippen LogP contribution is -2.21. The Morgan fingerprint density at radius 2 is 1.63 bits per heavy atom. The fraction of sp³-hybridized carbons (Fsp3) is 0.250. The Morgan fingerprint density at radius 3 is 2.26 bits per heavy atom. The normalized spacial score (nSPS) is 11.0. The summed E-state index contributed by atoms with van der Waals surface area (Å²) in [5, 5.41) is 3.28. The first-order valence-corrected chi connectivity index (χ1v) is 6.34. The lowest BCUT2D eigenvalue weighted by atomic mass is 10.0. The summed E-state index contributed by atoms with van der Waals surface area (Å²) in [6.45, 7) is 4.79. The quantitative estimate of drug-likeness (QED) is 0.872. The van der Waals surface area contributed by atoms with E-state index in [-0.39, 0.29) is 5.56 Å². The zero-order valence-corrected chi connectivity index (χ0v) is 11.1. The molecular weight excluding hydrogens is 244 g/mol. The summed E-state index contributed by atoms with van der Waals surface area (Å²) in [5.74, 6) is -1.07. The highest BCUT2D eigenvalue weighted by atomic mass is 19.1. The van der Waals surface area contributed by atoms with Gasteiger partial charge < -0.3 is 5.32 Å². The van der Waals surface area contributed by atoms with E-state index in [4.69, 9.17) is 0 Å². The van der Waals surface area contributed by atoms with E-state index in [2.05, 4.69) is 19.2 Å². The summed E-state index contributed by atoms with van der Waals surface area (Å²) in [6, 6.07) is 11.6. The van der Waals surface area contributed by atoms with Gasteiger partial charge in [-0.3, -0.25) is 0 Å². The second kappa shape index (κ2) is 5.93. The minimum atomic E-state index is -0.533. The van der Waals surface area contributed by atoms with Crippen LogP contribution in [-0.2, 0) is 6.54 Å². The smallest absolute Gasteiger partial charge is 0.133 e. The van der Waals surface area contributed by atoms with Crippen molar-refractivity contribution in [2.75, 3.05) is 0 Å². The van der Waals surface area contributed by atoms with Crippen molar-refractivity contribution < 1.29 is 8.78 Å². The van der Waals surface area contributed by atoms with Crippen molar-refractivity contribution in [1.29, 1.82) is 0 Å². The van der Waals surface area contributed by atoms with Crippen LogP contribution >= 0.6 is 0 Å². The minimum Gasteiger partial charge on any atom is -0.310 e. The van der Waals surface area contributed by atoms with Crippen molar-refractivity contribution in [3.05, 3.63) is 59.7 Å². The molecular formula is C16H17F2N. The maximum Gasteiger partial charge on any atom is 0.133 e. The van der Waals surface area contributed by atoms with E-state index in [1.807, 2.05) is 18.2 Å². The van der Waals surface area contributed by atoms with E-state index >= 15 is 0 Å². The van der Waals surface area contributed by atoms with Crippen molar-refractivity contribution in [3.63, 3.8) is 0 Å². The maximum absolute atomic E-state index is 13.7. The largest absolute Gasteiger partial charge is 0.310 e. The summed E-state index contributed by atoms with van der Waals surface area (Å²) in [6.07, 6.45) is 0. The van der Waals surface area contributed by atoms with Crippen molar-refractivity contribution >= 4 is 0 Å². The van der Waals surface area contributed by atoms with Crippen LogP contribution in [0.1, 0.15) is 19.4 Å². The Morgan fingerprint density at radius 1 is 1.00 bits per heavy atom. The molecule has 0 aliphatic rings. The van der Waals surface area contributed by atoms with Gasteiger partial charge in [-0.2, -0.15) is 0 Å². The van der Waals surface area contributed by atoms with E-state index in [0.29, 0.717) is 18.2 Å². The first-order valence-electron chi connectivity index (χ1n) is 6.34. The molecule has 0 bridgehead atoms. The minimum absolute atomic E-state index is 0.0360. The second-order valence-corrected chi connectivity index (χ2v) is 4.83. The molecule has 0 radical (unpaired) electrons. The molecule has 100 valence electrons. The molecule has 0 amide bonds. The van der Waals surface area contributed by atoms with Crippen LogP contribution in [0.5, 0.6) is 0 Å². The number of nitrogens with one attached hydrogen (secondary N) is 1. The lowest BCUT2D eigenvalue weighted by Gasteiger charge is -2.10. The van der Waals surface area contributed by atoms with E-state index in [1.165, 1.54) is 18.2 Å². The summed E-state index contributed by atoms with van der Waals surface area (Å²) in [7, 11) is 0. The molecule has 2 aromatic rings. The first-order chi connectivity index (χ1) is 9.08. The molecule has 3 heteroatoms. The Kier molecular flexibility index (Phi) is 4.27. The molecule has 0 aliphatic carbocycles. The van der Waals surface area contributed by atoms with Gasteiger partial charge in [0, 0.05) is 12.6 Å². The van der Waals surface area contributed by atoms with Crippen molar-refractivity contribution in [2.45, 2.75) is 26.4 Å². The zero-order chi connectivity index (χ0) is 13.8. The molecule has 0 atom stereocenters.